The van der Waals surface area contributed by atoms with E-state index in [1.54, 1.807) is 6.07 Å². The Kier molecular flexibility index (Phi) is 4.03. The summed E-state index contributed by atoms with van der Waals surface area (Å²) in [4.78, 5) is 12.5. The van der Waals surface area contributed by atoms with Crippen LogP contribution in [0, 0.1) is 33.5 Å². The molecule has 2 aromatic carbocycles. The molecule has 2 rings (SSSR count). The molecule has 0 amide bonds. The van der Waals surface area contributed by atoms with E-state index in [1.807, 2.05) is 39.8 Å². The second-order valence-electron chi connectivity index (χ2n) is 5.44. The Hall–Kier alpha value is -1.96. The third-order valence-electron chi connectivity index (χ3n) is 3.62. The van der Waals surface area contributed by atoms with Crippen LogP contribution in [0.15, 0.2) is 30.3 Å². The molecule has 2 heteroatoms. The monoisotopic (exact) mass is 270 g/mol. The van der Waals surface area contributed by atoms with E-state index in [-0.39, 0.29) is 18.0 Å². The summed E-state index contributed by atoms with van der Waals surface area (Å²) in [7, 11) is 0. The third kappa shape index (κ3) is 2.96. The zero-order valence-electron chi connectivity index (χ0n) is 12.4. The quantitative estimate of drug-likeness (QED) is 0.751. The number of rotatable bonds is 3. The molecule has 0 radical (unpaired) electrons. The van der Waals surface area contributed by atoms with Gasteiger partial charge in [0.25, 0.3) is 0 Å². The Balaban J connectivity index is 2.36. The number of ketones is 1. The highest BCUT2D eigenvalue weighted by atomic mass is 19.1. The van der Waals surface area contributed by atoms with Crippen LogP contribution >= 0.6 is 0 Å². The molecule has 0 unspecified atom stereocenters. The number of hydrogen-bond acceptors (Lipinski definition) is 1. The first kappa shape index (κ1) is 14.4. The Labute approximate surface area is 119 Å². The zero-order valence-corrected chi connectivity index (χ0v) is 12.4. The van der Waals surface area contributed by atoms with Crippen molar-refractivity contribution in [2.75, 3.05) is 0 Å². The van der Waals surface area contributed by atoms with Crippen LogP contribution in [0.25, 0.3) is 0 Å². The van der Waals surface area contributed by atoms with E-state index in [4.69, 9.17) is 0 Å². The van der Waals surface area contributed by atoms with Crippen molar-refractivity contribution in [3.8, 4) is 0 Å². The summed E-state index contributed by atoms with van der Waals surface area (Å²) in [6, 6.07) is 8.61. The van der Waals surface area contributed by atoms with Gasteiger partial charge in [-0.2, -0.15) is 0 Å². The molecule has 0 atom stereocenters. The number of aryl methyl sites for hydroxylation is 4. The summed E-state index contributed by atoms with van der Waals surface area (Å²) in [5.74, 6) is -0.246. The normalized spacial score (nSPS) is 10.7. The fourth-order valence-corrected chi connectivity index (χ4v) is 2.71. The molecule has 0 aliphatic rings. The van der Waals surface area contributed by atoms with Crippen LogP contribution in [0.4, 0.5) is 4.39 Å². The molecule has 0 saturated heterocycles. The highest BCUT2D eigenvalue weighted by Gasteiger charge is 2.14. The first-order valence-electron chi connectivity index (χ1n) is 6.74. The van der Waals surface area contributed by atoms with Gasteiger partial charge >= 0.3 is 0 Å². The van der Waals surface area contributed by atoms with Gasteiger partial charge in [-0.15, -0.1) is 0 Å². The summed E-state index contributed by atoms with van der Waals surface area (Å²) in [5.41, 5.74) is 5.59. The van der Waals surface area contributed by atoms with Gasteiger partial charge in [-0.05, 0) is 62.1 Å². The number of carbonyl (C=O) groups is 1. The Morgan fingerprint density at radius 1 is 0.950 bits per heavy atom. The molecule has 0 aromatic heterocycles. The topological polar surface area (TPSA) is 17.1 Å². The minimum Gasteiger partial charge on any atom is -0.294 e. The van der Waals surface area contributed by atoms with Gasteiger partial charge in [-0.1, -0.05) is 23.8 Å². The van der Waals surface area contributed by atoms with Crippen molar-refractivity contribution in [1.82, 2.24) is 0 Å². The standard InChI is InChI=1S/C18H19FO/c1-11-7-13(3)18(14(4)8-11)17(20)10-15-9-16(19)6-5-12(15)2/h5-9H,10H2,1-4H3. The maximum absolute atomic E-state index is 13.3. The van der Waals surface area contributed by atoms with E-state index >= 15 is 0 Å². The van der Waals surface area contributed by atoms with E-state index in [1.165, 1.54) is 12.1 Å². The van der Waals surface area contributed by atoms with Crippen molar-refractivity contribution in [2.24, 2.45) is 0 Å². The van der Waals surface area contributed by atoms with Crippen LogP contribution in [0.2, 0.25) is 0 Å². The number of Topliss-reactive ketones (excluding diaryl/α,β-unsaturated/α-hetero) is 1. The van der Waals surface area contributed by atoms with E-state index < -0.39 is 0 Å². The van der Waals surface area contributed by atoms with Crippen molar-refractivity contribution in [3.63, 3.8) is 0 Å². The van der Waals surface area contributed by atoms with Gasteiger partial charge in [0.15, 0.2) is 5.78 Å². The Morgan fingerprint density at radius 2 is 1.55 bits per heavy atom. The van der Waals surface area contributed by atoms with Gasteiger partial charge in [-0.3, -0.25) is 4.79 Å². The van der Waals surface area contributed by atoms with Crippen LogP contribution in [0.5, 0.6) is 0 Å². The predicted molar refractivity (Wildman–Crippen MR) is 79.8 cm³/mol. The summed E-state index contributed by atoms with van der Waals surface area (Å²) in [5, 5.41) is 0. The molecular formula is C18H19FO. The zero-order chi connectivity index (χ0) is 14.9. The number of carbonyl (C=O) groups excluding carboxylic acids is 1. The Bertz CT molecular complexity index is 648. The minimum atomic E-state index is -0.296. The van der Waals surface area contributed by atoms with E-state index in [0.717, 1.165) is 33.4 Å². The second-order valence-corrected chi connectivity index (χ2v) is 5.44. The van der Waals surface area contributed by atoms with Crippen LogP contribution in [-0.2, 0) is 6.42 Å². The molecule has 0 fully saturated rings. The fraction of sp³-hybridized carbons (Fsp3) is 0.278. The molecule has 0 heterocycles. The lowest BCUT2D eigenvalue weighted by atomic mass is 9.92. The van der Waals surface area contributed by atoms with Crippen LogP contribution in [0.1, 0.15) is 38.2 Å². The number of halogens is 1. The number of hydrogen-bond donors (Lipinski definition) is 0. The lowest BCUT2D eigenvalue weighted by Crippen LogP contribution is -2.09. The Morgan fingerprint density at radius 3 is 2.15 bits per heavy atom. The summed E-state index contributed by atoms with van der Waals surface area (Å²) in [6.45, 7) is 7.82. The van der Waals surface area contributed by atoms with Crippen molar-refractivity contribution >= 4 is 5.78 Å². The molecule has 2 aromatic rings. The van der Waals surface area contributed by atoms with Gasteiger partial charge in [0, 0.05) is 12.0 Å². The largest absolute Gasteiger partial charge is 0.294 e. The lowest BCUT2D eigenvalue weighted by molar-refractivity contribution is 0.0991. The van der Waals surface area contributed by atoms with E-state index in [0.29, 0.717) is 0 Å². The van der Waals surface area contributed by atoms with Crippen molar-refractivity contribution < 1.29 is 9.18 Å². The van der Waals surface area contributed by atoms with Crippen LogP contribution < -0.4 is 0 Å². The van der Waals surface area contributed by atoms with Crippen LogP contribution in [-0.4, -0.2) is 5.78 Å². The van der Waals surface area contributed by atoms with Crippen molar-refractivity contribution in [2.45, 2.75) is 34.1 Å². The molecule has 0 aliphatic heterocycles. The minimum absolute atomic E-state index is 0.0497. The van der Waals surface area contributed by atoms with Crippen molar-refractivity contribution in [3.05, 3.63) is 69.5 Å². The molecular weight excluding hydrogens is 251 g/mol. The molecule has 0 bridgehead atoms. The molecule has 0 aliphatic carbocycles. The molecule has 0 saturated carbocycles. The van der Waals surface area contributed by atoms with Gasteiger partial charge in [0.1, 0.15) is 5.82 Å². The molecule has 0 spiro atoms. The summed E-state index contributed by atoms with van der Waals surface area (Å²) < 4.78 is 13.3. The van der Waals surface area contributed by atoms with E-state index in [9.17, 15) is 9.18 Å². The van der Waals surface area contributed by atoms with Gasteiger partial charge in [0.2, 0.25) is 0 Å². The lowest BCUT2D eigenvalue weighted by Gasteiger charge is -2.11. The first-order valence-corrected chi connectivity index (χ1v) is 6.74. The van der Waals surface area contributed by atoms with Crippen LogP contribution in [0.3, 0.4) is 0 Å². The van der Waals surface area contributed by atoms with Gasteiger partial charge in [-0.25, -0.2) is 4.39 Å². The molecule has 1 nitrogen and oxygen atoms in total. The SMILES string of the molecule is Cc1cc(C)c(C(=O)Cc2cc(F)ccc2C)c(C)c1. The summed E-state index contributed by atoms with van der Waals surface area (Å²) in [6.07, 6.45) is 0.244. The second kappa shape index (κ2) is 5.58. The smallest absolute Gasteiger partial charge is 0.167 e. The van der Waals surface area contributed by atoms with Gasteiger partial charge in [0.05, 0.1) is 0 Å². The highest BCUT2D eigenvalue weighted by Crippen LogP contribution is 2.20. The van der Waals surface area contributed by atoms with E-state index in [2.05, 4.69) is 0 Å². The van der Waals surface area contributed by atoms with Crippen molar-refractivity contribution in [1.29, 1.82) is 0 Å². The third-order valence-corrected chi connectivity index (χ3v) is 3.62. The fourth-order valence-electron chi connectivity index (χ4n) is 2.71. The average Bonchev–Trinajstić information content (AvgIpc) is 2.32. The maximum Gasteiger partial charge on any atom is 0.167 e. The molecule has 104 valence electrons. The predicted octanol–water partition coefficient (Wildman–Crippen LogP) is 4.48. The summed E-state index contributed by atoms with van der Waals surface area (Å²) >= 11 is 0. The first-order chi connectivity index (χ1) is 9.38. The highest BCUT2D eigenvalue weighted by molar-refractivity contribution is 6.00. The maximum atomic E-state index is 13.3. The number of benzene rings is 2. The van der Waals surface area contributed by atoms with Gasteiger partial charge < -0.3 is 0 Å². The average molecular weight is 270 g/mol. The molecule has 20 heavy (non-hydrogen) atoms. The molecule has 0 N–H and O–H groups in total.